The number of carboxylic acid groups (broad SMARTS) is 1. The first-order chi connectivity index (χ1) is 11.1. The minimum absolute atomic E-state index is 0. The molecule has 24 heavy (non-hydrogen) atoms. The fraction of sp³-hybridized carbons (Fsp3) is 0.412. The van der Waals surface area contributed by atoms with Gasteiger partial charge in [-0.3, -0.25) is 14.5 Å². The van der Waals surface area contributed by atoms with E-state index in [1.54, 1.807) is 0 Å². The monoisotopic (exact) mass is 351 g/mol. The molecule has 0 saturated carbocycles. The van der Waals surface area contributed by atoms with Gasteiger partial charge < -0.3 is 15.0 Å². The first-order valence-electron chi connectivity index (χ1n) is 7.94. The lowest BCUT2D eigenvalue weighted by Gasteiger charge is -2.34. The maximum atomic E-state index is 12.6. The summed E-state index contributed by atoms with van der Waals surface area (Å²) < 4.78 is 0. The van der Waals surface area contributed by atoms with Gasteiger partial charge in [0.2, 0.25) is 0 Å². The van der Waals surface area contributed by atoms with E-state index < -0.39 is 5.97 Å². The van der Waals surface area contributed by atoms with Gasteiger partial charge in [-0.05, 0) is 25.1 Å². The van der Waals surface area contributed by atoms with Crippen LogP contribution in [0.25, 0.3) is 10.9 Å². The molecule has 1 fully saturated rings. The van der Waals surface area contributed by atoms with Crippen LogP contribution in [0.4, 0.5) is 0 Å². The van der Waals surface area contributed by atoms with E-state index in [9.17, 15) is 9.59 Å². The third kappa shape index (κ3) is 4.27. The van der Waals surface area contributed by atoms with Crippen LogP contribution in [0.15, 0.2) is 30.3 Å². The Morgan fingerprint density at radius 3 is 2.50 bits per heavy atom. The molecule has 130 valence electrons. The van der Waals surface area contributed by atoms with Gasteiger partial charge in [-0.1, -0.05) is 18.2 Å². The van der Waals surface area contributed by atoms with Gasteiger partial charge in [0.1, 0.15) is 5.69 Å². The van der Waals surface area contributed by atoms with Crippen LogP contribution in [-0.4, -0.2) is 64.5 Å². The van der Waals surface area contributed by atoms with Crippen LogP contribution < -0.4 is 0 Å². The third-order valence-electron chi connectivity index (χ3n) is 4.28. The van der Waals surface area contributed by atoms with E-state index in [1.807, 2.05) is 35.2 Å². The SMILES string of the molecule is Cl.O=C(O)CCCN1CCN(C(=O)c2cc3ccccc3[nH]2)CC1. The van der Waals surface area contributed by atoms with Crippen molar-refractivity contribution in [2.24, 2.45) is 0 Å². The molecule has 1 amide bonds. The number of aliphatic carboxylic acids is 1. The Morgan fingerprint density at radius 2 is 1.83 bits per heavy atom. The number of aromatic nitrogens is 1. The number of fused-ring (bicyclic) bond motifs is 1. The van der Waals surface area contributed by atoms with Crippen molar-refractivity contribution in [1.29, 1.82) is 0 Å². The smallest absolute Gasteiger partial charge is 0.303 e. The average molecular weight is 352 g/mol. The summed E-state index contributed by atoms with van der Waals surface area (Å²) >= 11 is 0. The average Bonchev–Trinajstić information content (AvgIpc) is 2.98. The number of H-pyrrole nitrogens is 1. The van der Waals surface area contributed by atoms with E-state index in [2.05, 4.69) is 9.88 Å². The zero-order valence-corrected chi connectivity index (χ0v) is 14.2. The zero-order valence-electron chi connectivity index (χ0n) is 13.4. The topological polar surface area (TPSA) is 76.6 Å². The maximum absolute atomic E-state index is 12.6. The van der Waals surface area contributed by atoms with Gasteiger partial charge in [0.25, 0.3) is 5.91 Å². The molecular weight excluding hydrogens is 330 g/mol. The lowest BCUT2D eigenvalue weighted by molar-refractivity contribution is -0.137. The van der Waals surface area contributed by atoms with Gasteiger partial charge in [0, 0.05) is 43.5 Å². The van der Waals surface area contributed by atoms with Crippen LogP contribution in [-0.2, 0) is 4.79 Å². The summed E-state index contributed by atoms with van der Waals surface area (Å²) in [7, 11) is 0. The molecule has 1 aliphatic heterocycles. The Labute approximate surface area is 146 Å². The van der Waals surface area contributed by atoms with E-state index in [0.717, 1.165) is 30.5 Å². The second kappa shape index (κ2) is 8.17. The fourth-order valence-corrected chi connectivity index (χ4v) is 2.99. The Bertz CT molecular complexity index is 675. The number of nitrogens with zero attached hydrogens (tertiary/aromatic N) is 2. The highest BCUT2D eigenvalue weighted by atomic mass is 35.5. The fourth-order valence-electron chi connectivity index (χ4n) is 2.99. The Hall–Kier alpha value is -2.05. The van der Waals surface area contributed by atoms with E-state index in [4.69, 9.17) is 5.11 Å². The normalized spacial score (nSPS) is 15.2. The Morgan fingerprint density at radius 1 is 1.12 bits per heavy atom. The van der Waals surface area contributed by atoms with E-state index >= 15 is 0 Å². The molecule has 7 heteroatoms. The molecule has 1 aliphatic rings. The number of hydrogen-bond acceptors (Lipinski definition) is 3. The molecule has 1 saturated heterocycles. The number of carbonyl (C=O) groups is 2. The van der Waals surface area contributed by atoms with Gasteiger partial charge in [0.05, 0.1) is 0 Å². The second-order valence-corrected chi connectivity index (χ2v) is 5.90. The highest BCUT2D eigenvalue weighted by molar-refractivity contribution is 5.98. The first-order valence-corrected chi connectivity index (χ1v) is 7.94. The van der Waals surface area contributed by atoms with Crippen molar-refractivity contribution in [3.63, 3.8) is 0 Å². The molecule has 6 nitrogen and oxygen atoms in total. The molecular formula is C17H22ClN3O3. The summed E-state index contributed by atoms with van der Waals surface area (Å²) in [5.74, 6) is -0.719. The van der Waals surface area contributed by atoms with E-state index in [-0.39, 0.29) is 24.7 Å². The summed E-state index contributed by atoms with van der Waals surface area (Å²) in [4.78, 5) is 30.4. The first kappa shape index (κ1) is 18.3. The number of amides is 1. The van der Waals surface area contributed by atoms with Crippen LogP contribution in [0.1, 0.15) is 23.3 Å². The molecule has 2 N–H and O–H groups in total. The van der Waals surface area contributed by atoms with Crippen molar-refractivity contribution in [2.45, 2.75) is 12.8 Å². The van der Waals surface area contributed by atoms with Crippen LogP contribution in [0, 0.1) is 0 Å². The predicted molar refractivity (Wildman–Crippen MR) is 94.8 cm³/mol. The molecule has 0 aliphatic carbocycles. The second-order valence-electron chi connectivity index (χ2n) is 5.90. The predicted octanol–water partition coefficient (Wildman–Crippen LogP) is 2.21. The molecule has 2 aromatic rings. The number of piperazine rings is 1. The molecule has 2 heterocycles. The van der Waals surface area contributed by atoms with Gasteiger partial charge in [0.15, 0.2) is 0 Å². The highest BCUT2D eigenvalue weighted by Gasteiger charge is 2.23. The molecule has 0 atom stereocenters. The number of carboxylic acids is 1. The summed E-state index contributed by atoms with van der Waals surface area (Å²) in [5.41, 5.74) is 1.61. The Balaban J connectivity index is 0.00000208. The largest absolute Gasteiger partial charge is 0.481 e. The van der Waals surface area contributed by atoms with Crippen LogP contribution in [0.2, 0.25) is 0 Å². The number of aromatic amines is 1. The third-order valence-corrected chi connectivity index (χ3v) is 4.28. The van der Waals surface area contributed by atoms with E-state index in [0.29, 0.717) is 25.2 Å². The van der Waals surface area contributed by atoms with Crippen molar-refractivity contribution < 1.29 is 14.7 Å². The number of nitrogens with one attached hydrogen (secondary N) is 1. The van der Waals surface area contributed by atoms with Crippen LogP contribution in [0.5, 0.6) is 0 Å². The standard InChI is InChI=1S/C17H21N3O3.ClH/c21-16(22)6-3-7-19-8-10-20(11-9-19)17(23)15-12-13-4-1-2-5-14(13)18-15;/h1-2,4-5,12,18H,3,6-11H2,(H,21,22);1H. The number of halogens is 1. The molecule has 0 spiro atoms. The number of hydrogen-bond donors (Lipinski definition) is 2. The lowest BCUT2D eigenvalue weighted by Crippen LogP contribution is -2.48. The minimum Gasteiger partial charge on any atom is -0.481 e. The number of benzene rings is 1. The highest BCUT2D eigenvalue weighted by Crippen LogP contribution is 2.17. The molecule has 3 rings (SSSR count). The zero-order chi connectivity index (χ0) is 16.2. The number of carbonyl (C=O) groups excluding carboxylic acids is 1. The Kier molecular flexibility index (Phi) is 6.23. The van der Waals surface area contributed by atoms with Crippen LogP contribution >= 0.6 is 12.4 Å². The van der Waals surface area contributed by atoms with Gasteiger partial charge in [-0.15, -0.1) is 12.4 Å². The molecule has 1 aromatic carbocycles. The van der Waals surface area contributed by atoms with Gasteiger partial charge in [-0.2, -0.15) is 0 Å². The van der Waals surface area contributed by atoms with Gasteiger partial charge in [-0.25, -0.2) is 0 Å². The van der Waals surface area contributed by atoms with Crippen molar-refractivity contribution in [3.05, 3.63) is 36.0 Å². The summed E-state index contributed by atoms with van der Waals surface area (Å²) in [6.07, 6.45) is 0.861. The lowest BCUT2D eigenvalue weighted by atomic mass is 10.2. The summed E-state index contributed by atoms with van der Waals surface area (Å²) in [5, 5.41) is 9.71. The van der Waals surface area contributed by atoms with E-state index in [1.165, 1.54) is 0 Å². The number of rotatable bonds is 5. The minimum atomic E-state index is -0.752. The molecule has 1 aromatic heterocycles. The maximum Gasteiger partial charge on any atom is 0.303 e. The molecule has 0 unspecified atom stereocenters. The number of para-hydroxylation sites is 1. The quantitative estimate of drug-likeness (QED) is 0.866. The summed E-state index contributed by atoms with van der Waals surface area (Å²) in [6.45, 7) is 3.74. The van der Waals surface area contributed by atoms with Crippen molar-refractivity contribution in [2.75, 3.05) is 32.7 Å². The van der Waals surface area contributed by atoms with Crippen molar-refractivity contribution in [3.8, 4) is 0 Å². The molecule has 0 radical (unpaired) electrons. The summed E-state index contributed by atoms with van der Waals surface area (Å²) in [6, 6.07) is 9.76. The van der Waals surface area contributed by atoms with Crippen LogP contribution in [0.3, 0.4) is 0 Å². The molecule has 0 bridgehead atoms. The van der Waals surface area contributed by atoms with Gasteiger partial charge >= 0.3 is 5.97 Å². The van der Waals surface area contributed by atoms with Crippen molar-refractivity contribution in [1.82, 2.24) is 14.8 Å². The van der Waals surface area contributed by atoms with Crippen molar-refractivity contribution >= 4 is 35.2 Å².